The lowest BCUT2D eigenvalue weighted by atomic mass is 9.96. The largest absolute Gasteiger partial charge is 0.382 e. The van der Waals surface area contributed by atoms with E-state index in [0.29, 0.717) is 40.4 Å². The molecule has 2 amide bonds. The van der Waals surface area contributed by atoms with E-state index >= 15 is 0 Å². The zero-order valence-electron chi connectivity index (χ0n) is 21.9. The number of nitrogens with zero attached hydrogens (tertiary/aromatic N) is 2. The molecule has 3 heterocycles. The Morgan fingerprint density at radius 3 is 2.22 bits per heavy atom. The van der Waals surface area contributed by atoms with Crippen LogP contribution in [-0.4, -0.2) is 46.7 Å². The fraction of sp³-hybridized carbons (Fsp3) is 0.517. The van der Waals surface area contributed by atoms with Crippen LogP contribution in [-0.2, 0) is 0 Å². The van der Waals surface area contributed by atoms with E-state index in [1.54, 1.807) is 24.4 Å². The molecule has 3 fully saturated rings. The van der Waals surface area contributed by atoms with Crippen molar-refractivity contribution in [3.63, 3.8) is 0 Å². The Morgan fingerprint density at radius 2 is 1.65 bits per heavy atom. The van der Waals surface area contributed by atoms with E-state index in [-0.39, 0.29) is 29.7 Å². The summed E-state index contributed by atoms with van der Waals surface area (Å²) < 4.78 is 0. The molecular formula is C29H37N5O3. The predicted octanol–water partition coefficient (Wildman–Crippen LogP) is 4.16. The molecule has 1 saturated carbocycles. The van der Waals surface area contributed by atoms with Crippen molar-refractivity contribution < 1.29 is 14.4 Å². The Kier molecular flexibility index (Phi) is 6.92. The van der Waals surface area contributed by atoms with E-state index in [0.717, 1.165) is 44.3 Å². The first-order valence-electron chi connectivity index (χ1n) is 13.5. The maximum Gasteiger partial charge on any atom is 0.251 e. The third kappa shape index (κ3) is 5.33. The second-order valence-electron chi connectivity index (χ2n) is 11.3. The summed E-state index contributed by atoms with van der Waals surface area (Å²) >= 11 is 0. The molecule has 2 aliphatic heterocycles. The van der Waals surface area contributed by atoms with Crippen molar-refractivity contribution in [2.45, 2.75) is 83.5 Å². The number of hydrogen-bond acceptors (Lipinski definition) is 6. The van der Waals surface area contributed by atoms with E-state index < -0.39 is 5.91 Å². The van der Waals surface area contributed by atoms with Gasteiger partial charge in [-0.15, -0.1) is 0 Å². The van der Waals surface area contributed by atoms with Gasteiger partial charge < -0.3 is 21.3 Å². The van der Waals surface area contributed by atoms with Gasteiger partial charge in [-0.1, -0.05) is 13.8 Å². The smallest absolute Gasteiger partial charge is 0.251 e. The van der Waals surface area contributed by atoms with Gasteiger partial charge in [0.05, 0.1) is 5.56 Å². The summed E-state index contributed by atoms with van der Waals surface area (Å²) in [4.78, 5) is 44.5. The summed E-state index contributed by atoms with van der Waals surface area (Å²) in [5, 5.41) is 6.57. The van der Waals surface area contributed by atoms with Gasteiger partial charge in [0, 0.05) is 53.1 Å². The SMILES string of the molecule is CC(C)[C@@H](C)Nc1cc(C(=O)N[C@H]2C[C@H]3CC[C@@H](C2)N3c2ccc(C(=O)C3CC3)cn2)ccc1C(N)=O. The average molecular weight is 504 g/mol. The Hall–Kier alpha value is -3.42. The summed E-state index contributed by atoms with van der Waals surface area (Å²) in [6.45, 7) is 6.23. The summed E-state index contributed by atoms with van der Waals surface area (Å²) in [5.41, 5.74) is 7.76. The molecule has 4 N–H and O–H groups in total. The number of amides is 2. The van der Waals surface area contributed by atoms with E-state index in [2.05, 4.69) is 34.4 Å². The highest BCUT2D eigenvalue weighted by atomic mass is 16.2. The highest BCUT2D eigenvalue weighted by Crippen LogP contribution is 2.39. The average Bonchev–Trinajstić information content (AvgIpc) is 3.68. The molecule has 1 aromatic heterocycles. The Bertz CT molecular complexity index is 1180. The summed E-state index contributed by atoms with van der Waals surface area (Å²) in [6, 6.07) is 9.72. The van der Waals surface area contributed by atoms with Crippen molar-refractivity contribution in [3.8, 4) is 0 Å². The van der Waals surface area contributed by atoms with Crippen LogP contribution in [0.2, 0.25) is 0 Å². The molecular weight excluding hydrogens is 466 g/mol. The first kappa shape index (κ1) is 25.2. The second kappa shape index (κ2) is 10.1. The van der Waals surface area contributed by atoms with Gasteiger partial charge in [-0.05, 0) is 81.7 Å². The van der Waals surface area contributed by atoms with Crippen molar-refractivity contribution >= 4 is 29.1 Å². The van der Waals surface area contributed by atoms with Crippen LogP contribution in [0.5, 0.6) is 0 Å². The van der Waals surface area contributed by atoms with Crippen LogP contribution in [0, 0.1) is 11.8 Å². The van der Waals surface area contributed by atoms with Crippen molar-refractivity contribution in [1.29, 1.82) is 0 Å². The molecule has 37 heavy (non-hydrogen) atoms. The summed E-state index contributed by atoms with van der Waals surface area (Å²) in [6.07, 6.45) is 7.54. The number of rotatable bonds is 9. The highest BCUT2D eigenvalue weighted by Gasteiger charge is 2.42. The van der Waals surface area contributed by atoms with E-state index in [4.69, 9.17) is 5.73 Å². The van der Waals surface area contributed by atoms with Gasteiger partial charge in [0.25, 0.3) is 11.8 Å². The zero-order valence-corrected chi connectivity index (χ0v) is 21.9. The molecule has 0 unspecified atom stereocenters. The van der Waals surface area contributed by atoms with Gasteiger partial charge in [-0.3, -0.25) is 14.4 Å². The molecule has 2 saturated heterocycles. The lowest BCUT2D eigenvalue weighted by Crippen LogP contribution is -2.50. The maximum absolute atomic E-state index is 13.2. The lowest BCUT2D eigenvalue weighted by molar-refractivity contribution is 0.0924. The van der Waals surface area contributed by atoms with Gasteiger partial charge in [0.2, 0.25) is 0 Å². The number of aromatic nitrogens is 1. The van der Waals surface area contributed by atoms with Crippen LogP contribution in [0.25, 0.3) is 0 Å². The molecule has 2 bridgehead atoms. The van der Waals surface area contributed by atoms with Gasteiger partial charge in [-0.25, -0.2) is 4.98 Å². The quantitative estimate of drug-likeness (QED) is 0.443. The predicted molar refractivity (Wildman–Crippen MR) is 144 cm³/mol. The number of ketones is 1. The van der Waals surface area contributed by atoms with E-state index in [1.165, 1.54) is 0 Å². The molecule has 1 aliphatic carbocycles. The van der Waals surface area contributed by atoms with Crippen LogP contribution >= 0.6 is 0 Å². The van der Waals surface area contributed by atoms with Crippen LogP contribution in [0.1, 0.15) is 90.4 Å². The van der Waals surface area contributed by atoms with Crippen molar-refractivity contribution in [2.75, 3.05) is 10.2 Å². The topological polar surface area (TPSA) is 117 Å². The maximum atomic E-state index is 13.2. The first-order chi connectivity index (χ1) is 17.7. The molecule has 8 nitrogen and oxygen atoms in total. The van der Waals surface area contributed by atoms with Crippen LogP contribution in [0.3, 0.4) is 0 Å². The number of primary amides is 1. The number of piperidine rings is 1. The highest BCUT2D eigenvalue weighted by molar-refractivity contribution is 6.02. The molecule has 3 aliphatic rings. The number of pyridine rings is 1. The second-order valence-corrected chi connectivity index (χ2v) is 11.3. The Labute approximate surface area is 218 Å². The summed E-state index contributed by atoms with van der Waals surface area (Å²) in [7, 11) is 0. The monoisotopic (exact) mass is 503 g/mol. The van der Waals surface area contributed by atoms with Gasteiger partial charge in [0.1, 0.15) is 5.82 Å². The Morgan fingerprint density at radius 1 is 0.973 bits per heavy atom. The molecule has 1 aromatic carbocycles. The van der Waals surface area contributed by atoms with Gasteiger partial charge >= 0.3 is 0 Å². The molecule has 0 radical (unpaired) electrons. The van der Waals surface area contributed by atoms with Crippen LogP contribution < -0.4 is 21.3 Å². The number of hydrogen-bond donors (Lipinski definition) is 3. The number of carbonyl (C=O) groups excluding carboxylic acids is 3. The minimum absolute atomic E-state index is 0.0683. The fourth-order valence-corrected chi connectivity index (χ4v) is 5.64. The fourth-order valence-electron chi connectivity index (χ4n) is 5.64. The number of carbonyl (C=O) groups is 3. The summed E-state index contributed by atoms with van der Waals surface area (Å²) in [5.74, 6) is 1.01. The third-order valence-electron chi connectivity index (χ3n) is 8.24. The third-order valence-corrected chi connectivity index (χ3v) is 8.24. The normalized spacial score (nSPS) is 23.6. The van der Waals surface area contributed by atoms with Crippen molar-refractivity contribution in [1.82, 2.24) is 10.3 Å². The number of nitrogens with two attached hydrogens (primary N) is 1. The van der Waals surface area contributed by atoms with E-state index in [1.807, 2.05) is 19.1 Å². The van der Waals surface area contributed by atoms with Gasteiger partial charge in [-0.2, -0.15) is 0 Å². The molecule has 2 aromatic rings. The Balaban J connectivity index is 1.25. The minimum atomic E-state index is -0.520. The molecule has 8 heteroatoms. The number of Topliss-reactive ketones (excluding diaryl/α,β-unsaturated/α-hetero) is 1. The lowest BCUT2D eigenvalue weighted by Gasteiger charge is -2.40. The zero-order chi connectivity index (χ0) is 26.3. The van der Waals surface area contributed by atoms with Gasteiger partial charge in [0.15, 0.2) is 5.78 Å². The molecule has 4 atom stereocenters. The molecule has 5 rings (SSSR count). The first-order valence-corrected chi connectivity index (χ1v) is 13.5. The number of nitrogens with one attached hydrogen (secondary N) is 2. The molecule has 0 spiro atoms. The minimum Gasteiger partial charge on any atom is -0.382 e. The van der Waals surface area contributed by atoms with Crippen LogP contribution in [0.15, 0.2) is 36.5 Å². The van der Waals surface area contributed by atoms with Crippen LogP contribution in [0.4, 0.5) is 11.5 Å². The number of anilines is 2. The number of benzene rings is 1. The standard InChI is InChI=1S/C29H37N5O3/c1-16(2)17(3)32-25-12-19(6-10-24(25)28(30)36)29(37)33-21-13-22-8-9-23(14-21)34(22)26-11-7-20(15-31-26)27(35)18-4-5-18/h6-7,10-12,15-18,21-23,32H,4-5,8-9,13-14H2,1-3H3,(H2,30,36)(H,33,37)/t17-,21-,22+,23-/m1/s1. The van der Waals surface area contributed by atoms with Crippen molar-refractivity contribution in [3.05, 3.63) is 53.2 Å². The number of fused-ring (bicyclic) bond motifs is 2. The van der Waals surface area contributed by atoms with Crippen molar-refractivity contribution in [2.24, 2.45) is 17.6 Å². The van der Waals surface area contributed by atoms with E-state index in [9.17, 15) is 14.4 Å². The molecule has 196 valence electrons.